The zero-order chi connectivity index (χ0) is 19.8. The Morgan fingerprint density at radius 2 is 1.59 bits per heavy atom. The van der Waals surface area contributed by atoms with Crippen molar-refractivity contribution < 1.29 is 18.8 Å². The molecule has 2 aromatic rings. The molecule has 1 fully saturated rings. The van der Waals surface area contributed by atoms with Crippen molar-refractivity contribution in [3.63, 3.8) is 0 Å². The summed E-state index contributed by atoms with van der Waals surface area (Å²) in [5.74, 6) is 1.28. The highest BCUT2D eigenvalue weighted by Gasteiger charge is 2.51. The Hall–Kier alpha value is -2.25. The number of benzene rings is 1. The van der Waals surface area contributed by atoms with Crippen LogP contribution in [0.25, 0.3) is 0 Å². The molecular formula is C20H26BNO5. The minimum absolute atomic E-state index is 0.0925. The van der Waals surface area contributed by atoms with Crippen LogP contribution in [0.15, 0.2) is 41.3 Å². The Bertz CT molecular complexity index is 874. The number of hydrogen-bond donors (Lipinski definition) is 0. The second-order valence-electron chi connectivity index (χ2n) is 7.71. The molecule has 3 rings (SSSR count). The largest absolute Gasteiger partial charge is 0.496 e. The van der Waals surface area contributed by atoms with E-state index in [-0.39, 0.29) is 5.56 Å². The molecule has 0 unspecified atom stereocenters. The van der Waals surface area contributed by atoms with Crippen molar-refractivity contribution in [1.82, 2.24) is 4.57 Å². The quantitative estimate of drug-likeness (QED) is 0.755. The highest BCUT2D eigenvalue weighted by Crippen LogP contribution is 2.36. The fraction of sp³-hybridized carbons (Fsp3) is 0.450. The topological polar surface area (TPSA) is 58.9 Å². The molecule has 1 saturated heterocycles. The standard InChI is InChI=1S/C20H26BNO5/c1-19(2)20(3,4)27-21(26-19)15-8-10-18(23)22(13-15)12-14-7-9-16(24-5)17(11-14)25-6/h7-11,13H,12H2,1-6H3. The number of nitrogens with zero attached hydrogens (tertiary/aromatic N) is 1. The third-order valence-corrected chi connectivity index (χ3v) is 5.33. The molecule has 7 heteroatoms. The molecule has 1 aliphatic heterocycles. The summed E-state index contributed by atoms with van der Waals surface area (Å²) in [7, 11) is 2.68. The van der Waals surface area contributed by atoms with E-state index < -0.39 is 18.3 Å². The molecule has 1 aliphatic rings. The van der Waals surface area contributed by atoms with Crippen LogP contribution >= 0.6 is 0 Å². The summed E-state index contributed by atoms with van der Waals surface area (Å²) in [4.78, 5) is 12.3. The van der Waals surface area contributed by atoms with E-state index in [9.17, 15) is 4.79 Å². The Morgan fingerprint density at radius 3 is 2.19 bits per heavy atom. The van der Waals surface area contributed by atoms with E-state index in [1.54, 1.807) is 37.1 Å². The maximum atomic E-state index is 12.3. The first-order chi connectivity index (χ1) is 12.7. The van der Waals surface area contributed by atoms with Gasteiger partial charge in [0.25, 0.3) is 5.56 Å². The SMILES string of the molecule is COc1ccc(Cn2cc(B3OC(C)(C)C(C)(C)O3)ccc2=O)cc1OC. The first-order valence-electron chi connectivity index (χ1n) is 8.94. The molecule has 2 heterocycles. The smallest absolute Gasteiger partial charge is 0.493 e. The molecule has 0 amide bonds. The van der Waals surface area contributed by atoms with Crippen molar-refractivity contribution in [2.75, 3.05) is 14.2 Å². The summed E-state index contributed by atoms with van der Waals surface area (Å²) in [6, 6.07) is 8.91. The molecular weight excluding hydrogens is 345 g/mol. The van der Waals surface area contributed by atoms with E-state index in [1.165, 1.54) is 0 Å². The fourth-order valence-corrected chi connectivity index (χ4v) is 2.97. The van der Waals surface area contributed by atoms with Crippen molar-refractivity contribution in [1.29, 1.82) is 0 Å². The van der Waals surface area contributed by atoms with Gasteiger partial charge in [-0.2, -0.15) is 0 Å². The minimum Gasteiger partial charge on any atom is -0.493 e. The average Bonchev–Trinajstić information content (AvgIpc) is 2.84. The number of aromatic nitrogens is 1. The zero-order valence-corrected chi connectivity index (χ0v) is 16.7. The van der Waals surface area contributed by atoms with Crippen molar-refractivity contribution >= 4 is 12.6 Å². The van der Waals surface area contributed by atoms with Gasteiger partial charge in [0.1, 0.15) is 0 Å². The molecule has 0 bridgehead atoms. The lowest BCUT2D eigenvalue weighted by Crippen LogP contribution is -2.41. The maximum absolute atomic E-state index is 12.3. The van der Waals surface area contributed by atoms with Crippen molar-refractivity contribution in [3.8, 4) is 11.5 Å². The molecule has 27 heavy (non-hydrogen) atoms. The van der Waals surface area contributed by atoms with Gasteiger partial charge in [-0.1, -0.05) is 12.1 Å². The van der Waals surface area contributed by atoms with Gasteiger partial charge in [0, 0.05) is 12.3 Å². The van der Waals surface area contributed by atoms with Crippen LogP contribution in [-0.4, -0.2) is 37.1 Å². The van der Waals surface area contributed by atoms with Gasteiger partial charge in [-0.3, -0.25) is 4.79 Å². The number of methoxy groups -OCH3 is 2. The fourth-order valence-electron chi connectivity index (χ4n) is 2.97. The highest BCUT2D eigenvalue weighted by molar-refractivity contribution is 6.62. The van der Waals surface area contributed by atoms with Crippen molar-refractivity contribution in [3.05, 3.63) is 52.4 Å². The molecule has 1 aromatic heterocycles. The van der Waals surface area contributed by atoms with Gasteiger partial charge in [0.05, 0.1) is 32.0 Å². The maximum Gasteiger partial charge on any atom is 0.496 e. The molecule has 0 spiro atoms. The second-order valence-corrected chi connectivity index (χ2v) is 7.71. The minimum atomic E-state index is -0.507. The summed E-state index contributed by atoms with van der Waals surface area (Å²) in [5.41, 5.74) is 0.795. The monoisotopic (exact) mass is 371 g/mol. The number of pyridine rings is 1. The zero-order valence-electron chi connectivity index (χ0n) is 16.7. The summed E-state index contributed by atoms with van der Waals surface area (Å²) in [6.45, 7) is 8.44. The van der Waals surface area contributed by atoms with Gasteiger partial charge in [0.2, 0.25) is 0 Å². The van der Waals surface area contributed by atoms with E-state index in [0.29, 0.717) is 18.0 Å². The van der Waals surface area contributed by atoms with Gasteiger partial charge < -0.3 is 23.3 Å². The van der Waals surface area contributed by atoms with Gasteiger partial charge in [-0.15, -0.1) is 0 Å². The molecule has 0 aliphatic carbocycles. The third-order valence-electron chi connectivity index (χ3n) is 5.33. The third kappa shape index (κ3) is 3.75. The van der Waals surface area contributed by atoms with Crippen LogP contribution in [-0.2, 0) is 15.9 Å². The molecule has 0 N–H and O–H groups in total. The van der Waals surface area contributed by atoms with E-state index in [4.69, 9.17) is 18.8 Å². The lowest BCUT2D eigenvalue weighted by atomic mass is 9.80. The van der Waals surface area contributed by atoms with Crippen LogP contribution < -0.4 is 20.5 Å². The number of hydrogen-bond acceptors (Lipinski definition) is 5. The Labute approximate surface area is 160 Å². The first-order valence-corrected chi connectivity index (χ1v) is 8.94. The first kappa shape index (κ1) is 19.5. The van der Waals surface area contributed by atoms with Crippen LogP contribution in [0.3, 0.4) is 0 Å². The number of rotatable bonds is 5. The average molecular weight is 371 g/mol. The Balaban J connectivity index is 1.88. The predicted molar refractivity (Wildman–Crippen MR) is 105 cm³/mol. The Kier molecular flexibility index (Phi) is 5.10. The molecule has 144 valence electrons. The second kappa shape index (κ2) is 7.05. The summed E-state index contributed by atoms with van der Waals surface area (Å²) < 4.78 is 24.4. The van der Waals surface area contributed by atoms with E-state index in [2.05, 4.69) is 0 Å². The van der Waals surface area contributed by atoms with Gasteiger partial charge in [-0.25, -0.2) is 0 Å². The normalized spacial score (nSPS) is 17.8. The molecule has 1 aromatic carbocycles. The van der Waals surface area contributed by atoms with E-state index in [1.807, 2.05) is 45.9 Å². The van der Waals surface area contributed by atoms with Gasteiger partial charge in [0.15, 0.2) is 11.5 Å². The Morgan fingerprint density at radius 1 is 0.963 bits per heavy atom. The highest BCUT2D eigenvalue weighted by atomic mass is 16.7. The van der Waals surface area contributed by atoms with E-state index in [0.717, 1.165) is 11.0 Å². The molecule has 6 nitrogen and oxygen atoms in total. The van der Waals surface area contributed by atoms with Gasteiger partial charge in [-0.05, 0) is 50.9 Å². The van der Waals surface area contributed by atoms with Gasteiger partial charge >= 0.3 is 7.12 Å². The van der Waals surface area contributed by atoms with Crippen LogP contribution in [0.2, 0.25) is 0 Å². The summed E-state index contributed by atoms with van der Waals surface area (Å²) in [5, 5.41) is 0. The predicted octanol–water partition coefficient (Wildman–Crippen LogP) is 2.21. The summed E-state index contributed by atoms with van der Waals surface area (Å²) >= 11 is 0. The lowest BCUT2D eigenvalue weighted by molar-refractivity contribution is 0.00578. The summed E-state index contributed by atoms with van der Waals surface area (Å²) in [6.07, 6.45) is 1.79. The van der Waals surface area contributed by atoms with Crippen LogP contribution in [0, 0.1) is 0 Å². The van der Waals surface area contributed by atoms with Crippen molar-refractivity contribution in [2.45, 2.75) is 45.4 Å². The number of ether oxygens (including phenoxy) is 2. The lowest BCUT2D eigenvalue weighted by Gasteiger charge is -2.32. The van der Waals surface area contributed by atoms with Crippen LogP contribution in [0.1, 0.15) is 33.3 Å². The van der Waals surface area contributed by atoms with Crippen LogP contribution in [0.5, 0.6) is 11.5 Å². The molecule has 0 saturated carbocycles. The van der Waals surface area contributed by atoms with Crippen molar-refractivity contribution in [2.24, 2.45) is 0 Å². The van der Waals surface area contributed by atoms with E-state index >= 15 is 0 Å². The molecule has 0 atom stereocenters. The van der Waals surface area contributed by atoms with Crippen LogP contribution in [0.4, 0.5) is 0 Å². The molecule has 0 radical (unpaired) electrons.